The highest BCUT2D eigenvalue weighted by atomic mass is 16.2. The average molecular weight is 175 g/mol. The first-order valence-electron chi connectivity index (χ1n) is 4.62. The summed E-state index contributed by atoms with van der Waals surface area (Å²) < 4.78 is 0. The molecule has 68 valence electrons. The monoisotopic (exact) mass is 175 g/mol. The molecule has 2 nitrogen and oxygen atoms in total. The lowest BCUT2D eigenvalue weighted by atomic mass is 9.98. The van der Waals surface area contributed by atoms with Crippen LogP contribution in [0, 0.1) is 0 Å². The van der Waals surface area contributed by atoms with Gasteiger partial charge in [-0.05, 0) is 18.1 Å². The van der Waals surface area contributed by atoms with Gasteiger partial charge in [0.05, 0.1) is 5.92 Å². The number of carbonyl (C=O) groups is 1. The fourth-order valence-corrected chi connectivity index (χ4v) is 1.97. The van der Waals surface area contributed by atoms with E-state index in [1.165, 1.54) is 5.56 Å². The SMILES string of the molecule is CC[C@@H]1C(=O)N(C)c2ccccc21. The molecule has 1 amide bonds. The zero-order valence-electron chi connectivity index (χ0n) is 7.95. The Kier molecular flexibility index (Phi) is 1.83. The Hall–Kier alpha value is -1.31. The van der Waals surface area contributed by atoms with Crippen LogP contribution in [0.4, 0.5) is 5.69 Å². The Labute approximate surface area is 78.2 Å². The van der Waals surface area contributed by atoms with Gasteiger partial charge in [-0.15, -0.1) is 0 Å². The number of benzene rings is 1. The molecule has 1 atom stereocenters. The minimum atomic E-state index is 0.0844. The van der Waals surface area contributed by atoms with Gasteiger partial charge in [0.2, 0.25) is 5.91 Å². The summed E-state index contributed by atoms with van der Waals surface area (Å²) in [6, 6.07) is 8.02. The van der Waals surface area contributed by atoms with E-state index in [1.807, 2.05) is 31.3 Å². The molecule has 2 heteroatoms. The lowest BCUT2D eigenvalue weighted by Gasteiger charge is -2.09. The van der Waals surface area contributed by atoms with Gasteiger partial charge in [-0.25, -0.2) is 0 Å². The molecule has 0 unspecified atom stereocenters. The van der Waals surface area contributed by atoms with Crippen molar-refractivity contribution in [3.8, 4) is 0 Å². The number of nitrogens with zero attached hydrogens (tertiary/aromatic N) is 1. The predicted octanol–water partition coefficient (Wildman–Crippen LogP) is 2.16. The number of para-hydroxylation sites is 1. The minimum absolute atomic E-state index is 0.0844. The second kappa shape index (κ2) is 2.87. The van der Waals surface area contributed by atoms with Gasteiger partial charge < -0.3 is 4.90 Å². The van der Waals surface area contributed by atoms with E-state index < -0.39 is 0 Å². The van der Waals surface area contributed by atoms with Crippen LogP contribution in [-0.2, 0) is 4.79 Å². The van der Waals surface area contributed by atoms with E-state index in [0.717, 1.165) is 12.1 Å². The third-order valence-electron chi connectivity index (χ3n) is 2.71. The van der Waals surface area contributed by atoms with Crippen molar-refractivity contribution in [3.63, 3.8) is 0 Å². The quantitative estimate of drug-likeness (QED) is 0.640. The molecule has 1 aliphatic heterocycles. The Morgan fingerprint density at radius 2 is 2.08 bits per heavy atom. The molecule has 0 spiro atoms. The second-order valence-electron chi connectivity index (χ2n) is 3.42. The molecule has 0 bridgehead atoms. The van der Waals surface area contributed by atoms with E-state index in [4.69, 9.17) is 0 Å². The summed E-state index contributed by atoms with van der Waals surface area (Å²) in [6.07, 6.45) is 0.889. The highest BCUT2D eigenvalue weighted by Gasteiger charge is 2.32. The van der Waals surface area contributed by atoms with E-state index in [-0.39, 0.29) is 11.8 Å². The normalized spacial score (nSPS) is 20.6. The van der Waals surface area contributed by atoms with Crippen LogP contribution in [0.25, 0.3) is 0 Å². The molecule has 13 heavy (non-hydrogen) atoms. The van der Waals surface area contributed by atoms with E-state index in [0.29, 0.717) is 0 Å². The highest BCUT2D eigenvalue weighted by Crippen LogP contribution is 2.37. The first kappa shape index (κ1) is 8.30. The molecule has 0 radical (unpaired) electrons. The number of hydrogen-bond donors (Lipinski definition) is 0. The van der Waals surface area contributed by atoms with Gasteiger partial charge >= 0.3 is 0 Å². The number of hydrogen-bond acceptors (Lipinski definition) is 1. The molecule has 0 aromatic heterocycles. The van der Waals surface area contributed by atoms with E-state index in [2.05, 4.69) is 6.92 Å². The summed E-state index contributed by atoms with van der Waals surface area (Å²) >= 11 is 0. The van der Waals surface area contributed by atoms with Crippen molar-refractivity contribution in [1.82, 2.24) is 0 Å². The molecule has 1 aromatic carbocycles. The highest BCUT2D eigenvalue weighted by molar-refractivity contribution is 6.04. The molecule has 0 saturated heterocycles. The molecule has 0 N–H and O–H groups in total. The first-order valence-corrected chi connectivity index (χ1v) is 4.62. The van der Waals surface area contributed by atoms with Gasteiger partial charge in [0.15, 0.2) is 0 Å². The van der Waals surface area contributed by atoms with Crippen molar-refractivity contribution >= 4 is 11.6 Å². The Bertz CT molecular complexity index is 346. The molecular formula is C11H13NO. The fraction of sp³-hybridized carbons (Fsp3) is 0.364. The summed E-state index contributed by atoms with van der Waals surface area (Å²) in [7, 11) is 1.84. The lowest BCUT2D eigenvalue weighted by Crippen LogP contribution is -2.23. The molecule has 0 fully saturated rings. The molecule has 0 aliphatic carbocycles. The number of anilines is 1. The van der Waals surface area contributed by atoms with E-state index in [1.54, 1.807) is 4.90 Å². The lowest BCUT2D eigenvalue weighted by molar-refractivity contribution is -0.119. The minimum Gasteiger partial charge on any atom is -0.315 e. The molecule has 2 rings (SSSR count). The van der Waals surface area contributed by atoms with Crippen LogP contribution in [-0.4, -0.2) is 13.0 Å². The van der Waals surface area contributed by atoms with Crippen LogP contribution in [0.2, 0.25) is 0 Å². The smallest absolute Gasteiger partial charge is 0.234 e. The zero-order chi connectivity index (χ0) is 9.42. The van der Waals surface area contributed by atoms with Crippen LogP contribution in [0.5, 0.6) is 0 Å². The molecular weight excluding hydrogens is 162 g/mol. The van der Waals surface area contributed by atoms with Gasteiger partial charge in [0.25, 0.3) is 0 Å². The van der Waals surface area contributed by atoms with Crippen molar-refractivity contribution in [1.29, 1.82) is 0 Å². The van der Waals surface area contributed by atoms with Crippen molar-refractivity contribution in [2.24, 2.45) is 0 Å². The maximum Gasteiger partial charge on any atom is 0.234 e. The van der Waals surface area contributed by atoms with Crippen molar-refractivity contribution < 1.29 is 4.79 Å². The van der Waals surface area contributed by atoms with Gasteiger partial charge in [-0.1, -0.05) is 25.1 Å². The van der Waals surface area contributed by atoms with E-state index in [9.17, 15) is 4.79 Å². The molecule has 1 aromatic rings. The van der Waals surface area contributed by atoms with Gasteiger partial charge in [0, 0.05) is 12.7 Å². The summed E-state index contributed by atoms with van der Waals surface area (Å²) in [6.45, 7) is 2.05. The largest absolute Gasteiger partial charge is 0.315 e. The van der Waals surface area contributed by atoms with Crippen LogP contribution in [0.1, 0.15) is 24.8 Å². The summed E-state index contributed by atoms with van der Waals surface area (Å²) in [5, 5.41) is 0. The third-order valence-corrected chi connectivity index (χ3v) is 2.71. The topological polar surface area (TPSA) is 20.3 Å². The van der Waals surface area contributed by atoms with Gasteiger partial charge in [0.1, 0.15) is 0 Å². The Morgan fingerprint density at radius 3 is 2.77 bits per heavy atom. The van der Waals surface area contributed by atoms with Crippen LogP contribution >= 0.6 is 0 Å². The van der Waals surface area contributed by atoms with Gasteiger partial charge in [-0.2, -0.15) is 0 Å². The zero-order valence-corrected chi connectivity index (χ0v) is 7.95. The van der Waals surface area contributed by atoms with Gasteiger partial charge in [-0.3, -0.25) is 4.79 Å². The van der Waals surface area contributed by atoms with Crippen LogP contribution in [0.15, 0.2) is 24.3 Å². The summed E-state index contributed by atoms with van der Waals surface area (Å²) in [5.41, 5.74) is 2.25. The Balaban J connectivity index is 2.53. The molecule has 1 aliphatic rings. The number of amides is 1. The number of likely N-dealkylation sites (N-methyl/N-ethyl adjacent to an activating group) is 1. The predicted molar refractivity (Wildman–Crippen MR) is 52.9 cm³/mol. The summed E-state index contributed by atoms with van der Waals surface area (Å²) in [4.78, 5) is 13.5. The second-order valence-corrected chi connectivity index (χ2v) is 3.42. The van der Waals surface area contributed by atoms with E-state index >= 15 is 0 Å². The van der Waals surface area contributed by atoms with Crippen LogP contribution < -0.4 is 4.90 Å². The van der Waals surface area contributed by atoms with Crippen molar-refractivity contribution in [3.05, 3.63) is 29.8 Å². The third kappa shape index (κ3) is 1.05. The standard InChI is InChI=1S/C11H13NO/c1-3-8-9-6-4-5-7-10(9)12(2)11(8)13/h4-8H,3H2,1-2H3/t8-/m0/s1. The van der Waals surface area contributed by atoms with Crippen LogP contribution in [0.3, 0.4) is 0 Å². The first-order chi connectivity index (χ1) is 6.25. The summed E-state index contributed by atoms with van der Waals surface area (Å²) in [5.74, 6) is 0.310. The maximum atomic E-state index is 11.7. The Morgan fingerprint density at radius 1 is 1.38 bits per heavy atom. The number of fused-ring (bicyclic) bond motifs is 1. The van der Waals surface area contributed by atoms with Crippen molar-refractivity contribution in [2.45, 2.75) is 19.3 Å². The number of carbonyl (C=O) groups excluding carboxylic acids is 1. The fourth-order valence-electron chi connectivity index (χ4n) is 1.97. The molecule has 1 heterocycles. The average Bonchev–Trinajstić information content (AvgIpc) is 2.41. The molecule has 0 saturated carbocycles. The maximum absolute atomic E-state index is 11.7. The number of rotatable bonds is 1. The van der Waals surface area contributed by atoms with Crippen molar-refractivity contribution in [2.75, 3.05) is 11.9 Å².